The highest BCUT2D eigenvalue weighted by molar-refractivity contribution is 5.75. The minimum absolute atomic E-state index is 0.214. The molecule has 4 heteroatoms. The zero-order valence-corrected chi connectivity index (χ0v) is 7.38. The highest BCUT2D eigenvalue weighted by Crippen LogP contribution is 2.05. The third-order valence-corrected chi connectivity index (χ3v) is 1.77. The van der Waals surface area contributed by atoms with E-state index >= 15 is 0 Å². The number of hydrogen-bond donors (Lipinski definition) is 1. The van der Waals surface area contributed by atoms with Gasteiger partial charge in [0, 0.05) is 6.42 Å². The molecule has 0 heterocycles. The normalized spacial score (nSPS) is 11.4. The molecule has 1 atom stereocenters. The van der Waals surface area contributed by atoms with Gasteiger partial charge in [-0.3, -0.25) is 0 Å². The van der Waals surface area contributed by atoms with E-state index in [1.165, 1.54) is 6.08 Å². The molecule has 0 saturated heterocycles. The number of rotatable bonds is 4. The van der Waals surface area contributed by atoms with E-state index < -0.39 is 12.0 Å². The van der Waals surface area contributed by atoms with Crippen molar-refractivity contribution in [2.24, 2.45) is 4.99 Å². The van der Waals surface area contributed by atoms with Crippen LogP contribution in [0.5, 0.6) is 0 Å². The lowest BCUT2D eigenvalue weighted by atomic mass is 10.1. The summed E-state index contributed by atoms with van der Waals surface area (Å²) in [5.74, 6) is -1.11. The number of carbonyl (C=O) groups excluding carboxylic acids is 1. The molecule has 1 aromatic carbocycles. The fourth-order valence-electron chi connectivity index (χ4n) is 1.09. The predicted octanol–water partition coefficient (Wildman–Crippen LogP) is 1.02. The van der Waals surface area contributed by atoms with Gasteiger partial charge in [0.1, 0.15) is 0 Å². The Hall–Kier alpha value is -1.93. The lowest BCUT2D eigenvalue weighted by Gasteiger charge is -2.04. The first-order valence-electron chi connectivity index (χ1n) is 4.07. The van der Waals surface area contributed by atoms with Crippen LogP contribution in [0.2, 0.25) is 0 Å². The molecule has 1 N–H and O–H groups in total. The van der Waals surface area contributed by atoms with Crippen LogP contribution in [-0.2, 0) is 16.0 Å². The van der Waals surface area contributed by atoms with Gasteiger partial charge in [-0.15, -0.1) is 0 Å². The lowest BCUT2D eigenvalue weighted by molar-refractivity contribution is -0.138. The summed E-state index contributed by atoms with van der Waals surface area (Å²) in [6.07, 6.45) is 1.48. The number of isocyanates is 1. The Morgan fingerprint density at radius 1 is 1.43 bits per heavy atom. The molecule has 72 valence electrons. The molecule has 14 heavy (non-hydrogen) atoms. The maximum atomic E-state index is 10.6. The maximum absolute atomic E-state index is 10.6. The topological polar surface area (TPSA) is 66.7 Å². The summed E-state index contributed by atoms with van der Waals surface area (Å²) in [5, 5.41) is 8.69. The van der Waals surface area contributed by atoms with Gasteiger partial charge < -0.3 is 5.11 Å². The zero-order chi connectivity index (χ0) is 10.4. The number of carboxylic acid groups (broad SMARTS) is 1. The Balaban J connectivity index is 2.75. The molecule has 0 saturated carbocycles. The van der Waals surface area contributed by atoms with Crippen LogP contribution in [0.1, 0.15) is 5.56 Å². The molecule has 0 spiro atoms. The average molecular weight is 191 g/mol. The minimum Gasteiger partial charge on any atom is -0.480 e. The van der Waals surface area contributed by atoms with Crippen LogP contribution >= 0.6 is 0 Å². The van der Waals surface area contributed by atoms with Gasteiger partial charge in [0.15, 0.2) is 6.04 Å². The van der Waals surface area contributed by atoms with Crippen LogP contribution in [0.15, 0.2) is 35.3 Å². The summed E-state index contributed by atoms with van der Waals surface area (Å²) < 4.78 is 0. The third-order valence-electron chi connectivity index (χ3n) is 1.77. The number of carbonyl (C=O) groups is 1. The fraction of sp³-hybridized carbons (Fsp3) is 0.200. The summed E-state index contributed by atoms with van der Waals surface area (Å²) in [4.78, 5) is 23.8. The lowest BCUT2D eigenvalue weighted by Crippen LogP contribution is -2.20. The van der Waals surface area contributed by atoms with Gasteiger partial charge in [0.05, 0.1) is 0 Å². The molecule has 0 unspecified atom stereocenters. The van der Waals surface area contributed by atoms with Crippen LogP contribution in [0.25, 0.3) is 0 Å². The van der Waals surface area contributed by atoms with Crippen LogP contribution in [0, 0.1) is 0 Å². The van der Waals surface area contributed by atoms with E-state index in [9.17, 15) is 9.59 Å². The molecule has 0 fully saturated rings. The highest BCUT2D eigenvalue weighted by atomic mass is 16.4. The second-order valence-electron chi connectivity index (χ2n) is 2.76. The third kappa shape index (κ3) is 2.84. The largest absolute Gasteiger partial charge is 0.480 e. The number of aliphatic imine (C=N–C) groups is 1. The number of aliphatic carboxylic acids is 1. The molecule has 0 aromatic heterocycles. The van der Waals surface area contributed by atoms with Gasteiger partial charge in [0.2, 0.25) is 6.08 Å². The minimum atomic E-state index is -1.11. The number of carboxylic acids is 1. The van der Waals surface area contributed by atoms with Crippen molar-refractivity contribution in [3.8, 4) is 0 Å². The summed E-state index contributed by atoms with van der Waals surface area (Å²) >= 11 is 0. The molecular formula is C10H9NO3. The Bertz CT molecular complexity index is 353. The van der Waals surface area contributed by atoms with Crippen molar-refractivity contribution >= 4 is 12.0 Å². The average Bonchev–Trinajstić information content (AvgIpc) is 2.18. The quantitative estimate of drug-likeness (QED) is 0.570. The molecular weight excluding hydrogens is 182 g/mol. The Labute approximate surface area is 80.9 Å². The van der Waals surface area contributed by atoms with Crippen molar-refractivity contribution in [2.75, 3.05) is 0 Å². The predicted molar refractivity (Wildman–Crippen MR) is 49.7 cm³/mol. The van der Waals surface area contributed by atoms with E-state index in [2.05, 4.69) is 4.99 Å². The van der Waals surface area contributed by atoms with E-state index in [4.69, 9.17) is 5.11 Å². The van der Waals surface area contributed by atoms with E-state index in [-0.39, 0.29) is 6.42 Å². The van der Waals surface area contributed by atoms with Crippen molar-refractivity contribution in [1.82, 2.24) is 0 Å². The van der Waals surface area contributed by atoms with Gasteiger partial charge in [-0.2, -0.15) is 4.99 Å². The van der Waals surface area contributed by atoms with Crippen molar-refractivity contribution in [3.63, 3.8) is 0 Å². The van der Waals surface area contributed by atoms with Crippen molar-refractivity contribution in [2.45, 2.75) is 12.5 Å². The van der Waals surface area contributed by atoms with E-state index in [0.29, 0.717) is 0 Å². The zero-order valence-electron chi connectivity index (χ0n) is 7.38. The number of hydrogen-bond acceptors (Lipinski definition) is 3. The SMILES string of the molecule is O=C=N[C@@H](Cc1ccccc1)C(=O)O. The smallest absolute Gasteiger partial charge is 0.329 e. The summed E-state index contributed by atoms with van der Waals surface area (Å²) in [6, 6.07) is 7.99. The molecule has 0 radical (unpaired) electrons. The first kappa shape index (κ1) is 10.2. The molecule has 0 aliphatic carbocycles. The molecule has 4 nitrogen and oxygen atoms in total. The van der Waals surface area contributed by atoms with Crippen LogP contribution in [0.3, 0.4) is 0 Å². The highest BCUT2D eigenvalue weighted by Gasteiger charge is 2.16. The molecule has 1 rings (SSSR count). The Morgan fingerprint density at radius 2 is 2.07 bits per heavy atom. The summed E-state index contributed by atoms with van der Waals surface area (Å²) in [6.45, 7) is 0. The monoisotopic (exact) mass is 191 g/mol. The van der Waals surface area contributed by atoms with Gasteiger partial charge in [-0.05, 0) is 5.56 Å². The second-order valence-corrected chi connectivity index (χ2v) is 2.76. The molecule has 0 aliphatic rings. The maximum Gasteiger partial charge on any atom is 0.329 e. The number of benzene rings is 1. The Morgan fingerprint density at radius 3 is 2.57 bits per heavy atom. The van der Waals surface area contributed by atoms with E-state index in [1.54, 1.807) is 24.3 Å². The van der Waals surface area contributed by atoms with Crippen LogP contribution in [-0.4, -0.2) is 23.2 Å². The summed E-state index contributed by atoms with van der Waals surface area (Å²) in [5.41, 5.74) is 0.832. The van der Waals surface area contributed by atoms with Crippen molar-refractivity contribution in [1.29, 1.82) is 0 Å². The number of nitrogens with zero attached hydrogens (tertiary/aromatic N) is 1. The van der Waals surface area contributed by atoms with Crippen LogP contribution in [0.4, 0.5) is 0 Å². The van der Waals surface area contributed by atoms with E-state index in [0.717, 1.165) is 5.56 Å². The first-order valence-corrected chi connectivity index (χ1v) is 4.07. The molecule has 0 amide bonds. The summed E-state index contributed by atoms with van der Waals surface area (Å²) in [7, 11) is 0. The standard InChI is InChI=1S/C10H9NO3/c12-7-11-9(10(13)14)6-8-4-2-1-3-5-8/h1-5,9H,6H2,(H,13,14)/t9-/m0/s1. The van der Waals surface area contributed by atoms with Gasteiger partial charge in [-0.25, -0.2) is 9.59 Å². The van der Waals surface area contributed by atoms with Gasteiger partial charge >= 0.3 is 5.97 Å². The fourth-order valence-corrected chi connectivity index (χ4v) is 1.09. The van der Waals surface area contributed by atoms with Crippen LogP contribution < -0.4 is 0 Å². The Kier molecular flexibility index (Phi) is 3.58. The van der Waals surface area contributed by atoms with Crippen molar-refractivity contribution in [3.05, 3.63) is 35.9 Å². The first-order chi connectivity index (χ1) is 6.74. The molecule has 0 bridgehead atoms. The van der Waals surface area contributed by atoms with E-state index in [1.807, 2.05) is 6.07 Å². The van der Waals surface area contributed by atoms with Gasteiger partial charge in [0.25, 0.3) is 0 Å². The van der Waals surface area contributed by atoms with Crippen molar-refractivity contribution < 1.29 is 14.7 Å². The van der Waals surface area contributed by atoms with Gasteiger partial charge in [-0.1, -0.05) is 30.3 Å². The second kappa shape index (κ2) is 4.94. The molecule has 0 aliphatic heterocycles. The molecule has 1 aromatic rings.